The Morgan fingerprint density at radius 2 is 1.96 bits per heavy atom. The lowest BCUT2D eigenvalue weighted by Crippen LogP contribution is -2.49. The van der Waals surface area contributed by atoms with Crippen LogP contribution in [0.15, 0.2) is 0 Å². The zero-order chi connectivity index (χ0) is 18.1. The van der Waals surface area contributed by atoms with Crippen LogP contribution in [0.3, 0.4) is 0 Å². The third-order valence-electron chi connectivity index (χ3n) is 3.74. The zero-order valence-corrected chi connectivity index (χ0v) is 14.5. The van der Waals surface area contributed by atoms with Crippen LogP contribution in [-0.4, -0.2) is 70.8 Å². The molecule has 2 fully saturated rings. The average molecular weight is 344 g/mol. The second-order valence-corrected chi connectivity index (χ2v) is 6.58. The Morgan fingerprint density at radius 1 is 1.29 bits per heavy atom. The van der Waals surface area contributed by atoms with Gasteiger partial charge >= 0.3 is 11.7 Å². The van der Waals surface area contributed by atoms with Crippen molar-refractivity contribution < 1.29 is 38.4 Å². The van der Waals surface area contributed by atoms with Crippen LogP contribution in [0, 0.1) is 0 Å². The molecule has 24 heavy (non-hydrogen) atoms. The molecular weight excluding hydrogens is 320 g/mol. The lowest BCUT2D eigenvalue weighted by Gasteiger charge is -2.24. The number of aliphatic hydroxyl groups is 1. The van der Waals surface area contributed by atoms with Gasteiger partial charge in [-0.25, -0.2) is 4.79 Å². The molecule has 0 aromatic rings. The van der Waals surface area contributed by atoms with Gasteiger partial charge in [0.2, 0.25) is 0 Å². The summed E-state index contributed by atoms with van der Waals surface area (Å²) >= 11 is 0. The van der Waals surface area contributed by atoms with Crippen molar-refractivity contribution >= 4 is 11.7 Å². The molecule has 2 heterocycles. The van der Waals surface area contributed by atoms with Crippen LogP contribution in [0.4, 0.5) is 0 Å². The molecule has 0 spiro atoms. The van der Waals surface area contributed by atoms with E-state index < -0.39 is 47.7 Å². The van der Waals surface area contributed by atoms with Crippen molar-refractivity contribution in [3.05, 3.63) is 5.53 Å². The van der Waals surface area contributed by atoms with E-state index in [2.05, 4.69) is 4.79 Å². The van der Waals surface area contributed by atoms with Crippen LogP contribution in [0.5, 0.6) is 0 Å². The smallest absolute Gasteiger partial charge is 0.419 e. The van der Waals surface area contributed by atoms with Gasteiger partial charge in [0.15, 0.2) is 17.7 Å². The molecule has 9 nitrogen and oxygen atoms in total. The largest absolute Gasteiger partial charge is 0.457 e. The van der Waals surface area contributed by atoms with Crippen molar-refractivity contribution in [3.8, 4) is 0 Å². The van der Waals surface area contributed by atoms with Gasteiger partial charge in [0.1, 0.15) is 18.3 Å². The molecule has 0 amide bonds. The first-order chi connectivity index (χ1) is 11.1. The SMILES string of the molecule is CCOC(=O)C(=[N+]=[N-])C(O)[C@H]1OC(C)(C)O[C@@H]1[C@H]1COC(C)(C)O1. The fourth-order valence-electron chi connectivity index (χ4n) is 2.81. The second-order valence-electron chi connectivity index (χ2n) is 6.58. The second kappa shape index (κ2) is 6.87. The van der Waals surface area contributed by atoms with Crippen molar-refractivity contribution in [2.45, 2.75) is 70.6 Å². The summed E-state index contributed by atoms with van der Waals surface area (Å²) in [4.78, 5) is 14.7. The Morgan fingerprint density at radius 3 is 2.46 bits per heavy atom. The molecule has 0 aliphatic carbocycles. The first-order valence-corrected chi connectivity index (χ1v) is 7.85. The molecule has 0 saturated carbocycles. The van der Waals surface area contributed by atoms with E-state index >= 15 is 0 Å². The molecule has 0 aromatic heterocycles. The van der Waals surface area contributed by atoms with Crippen LogP contribution in [0.25, 0.3) is 5.53 Å². The summed E-state index contributed by atoms with van der Waals surface area (Å²) in [7, 11) is 0. The molecule has 2 rings (SSSR count). The summed E-state index contributed by atoms with van der Waals surface area (Å²) in [5.41, 5.74) is 8.54. The minimum atomic E-state index is -1.55. The molecule has 9 heteroatoms. The number of ether oxygens (including phenoxy) is 5. The van der Waals surface area contributed by atoms with Crippen molar-refractivity contribution in [2.24, 2.45) is 0 Å². The molecule has 2 saturated heterocycles. The first kappa shape index (κ1) is 19.0. The van der Waals surface area contributed by atoms with Gasteiger partial charge in [0.05, 0.1) is 13.2 Å². The Labute approximate surface area is 140 Å². The summed E-state index contributed by atoms with van der Waals surface area (Å²) in [5.74, 6) is -2.73. The zero-order valence-electron chi connectivity index (χ0n) is 14.5. The van der Waals surface area contributed by atoms with Crippen molar-refractivity contribution in [1.82, 2.24) is 0 Å². The van der Waals surface area contributed by atoms with Gasteiger partial charge in [0, 0.05) is 0 Å². The van der Waals surface area contributed by atoms with Gasteiger partial charge in [0.25, 0.3) is 0 Å². The van der Waals surface area contributed by atoms with Crippen LogP contribution in [0.2, 0.25) is 0 Å². The molecule has 1 N–H and O–H groups in total. The molecule has 0 bridgehead atoms. The highest BCUT2D eigenvalue weighted by Gasteiger charge is 2.55. The van der Waals surface area contributed by atoms with E-state index in [0.717, 1.165) is 0 Å². The number of rotatable bonds is 5. The highest BCUT2D eigenvalue weighted by molar-refractivity contribution is 6.35. The maximum atomic E-state index is 11.8. The van der Waals surface area contributed by atoms with Crippen molar-refractivity contribution in [1.29, 1.82) is 0 Å². The van der Waals surface area contributed by atoms with E-state index in [1.54, 1.807) is 34.6 Å². The lowest BCUT2D eigenvalue weighted by molar-refractivity contribution is -0.175. The van der Waals surface area contributed by atoms with Crippen LogP contribution in [-0.2, 0) is 28.5 Å². The van der Waals surface area contributed by atoms with Gasteiger partial charge in [-0.15, -0.1) is 0 Å². The number of carbonyl (C=O) groups is 1. The summed E-state index contributed by atoms with van der Waals surface area (Å²) in [6.45, 7) is 8.80. The van der Waals surface area contributed by atoms with Crippen molar-refractivity contribution in [2.75, 3.05) is 13.2 Å². The minimum Gasteiger partial charge on any atom is -0.457 e. The maximum absolute atomic E-state index is 11.8. The fourth-order valence-corrected chi connectivity index (χ4v) is 2.81. The van der Waals surface area contributed by atoms with E-state index in [4.69, 9.17) is 29.2 Å². The number of nitrogens with zero attached hydrogens (tertiary/aromatic N) is 2. The Bertz CT molecular complexity index is 542. The van der Waals surface area contributed by atoms with Crippen LogP contribution < -0.4 is 0 Å². The highest BCUT2D eigenvalue weighted by atomic mass is 16.8. The predicted molar refractivity (Wildman–Crippen MR) is 80.0 cm³/mol. The normalized spacial score (nSPS) is 32.2. The Hall–Kier alpha value is -1.35. The molecule has 1 unspecified atom stereocenters. The highest BCUT2D eigenvalue weighted by Crippen LogP contribution is 2.36. The summed E-state index contributed by atoms with van der Waals surface area (Å²) < 4.78 is 27.6. The Balaban J connectivity index is 2.22. The monoisotopic (exact) mass is 344 g/mol. The number of esters is 1. The van der Waals surface area contributed by atoms with E-state index in [9.17, 15) is 9.90 Å². The molecule has 0 radical (unpaired) electrons. The van der Waals surface area contributed by atoms with Gasteiger partial charge in [-0.2, -0.15) is 4.79 Å². The average Bonchev–Trinajstić information content (AvgIpc) is 2.99. The predicted octanol–water partition coefficient (Wildman–Crippen LogP) is 0.253. The minimum absolute atomic E-state index is 0.0787. The standard InChI is InChI=1S/C15H24N2O7/c1-6-20-13(19)9(17-16)10(18)12-11(23-15(4,5)24-12)8-7-21-14(2,3)22-8/h8,10-12,18H,6-7H2,1-5H3/t8-,10?,11-,12-/m1/s1. The summed E-state index contributed by atoms with van der Waals surface area (Å²) in [6, 6.07) is 0. The molecular formula is C15H24N2O7. The van der Waals surface area contributed by atoms with Crippen LogP contribution in [0.1, 0.15) is 34.6 Å². The van der Waals surface area contributed by atoms with Crippen LogP contribution >= 0.6 is 0 Å². The van der Waals surface area contributed by atoms with E-state index in [1.807, 2.05) is 0 Å². The number of hydrogen-bond donors (Lipinski definition) is 1. The summed E-state index contributed by atoms with van der Waals surface area (Å²) in [6.07, 6.45) is -3.77. The molecule has 136 valence electrons. The maximum Gasteiger partial charge on any atom is 0.419 e. The molecule has 2 aliphatic rings. The number of aliphatic hydroxyl groups excluding tert-OH is 1. The topological polar surface area (TPSA) is 120 Å². The molecule has 0 aromatic carbocycles. The number of hydrogen-bond acceptors (Lipinski definition) is 7. The van der Waals surface area contributed by atoms with Gasteiger partial charge in [-0.1, -0.05) is 0 Å². The van der Waals surface area contributed by atoms with Crippen molar-refractivity contribution in [3.63, 3.8) is 0 Å². The molecule has 2 aliphatic heterocycles. The van der Waals surface area contributed by atoms with E-state index in [1.165, 1.54) is 0 Å². The molecule has 4 atom stereocenters. The lowest BCUT2D eigenvalue weighted by atomic mass is 10.00. The van der Waals surface area contributed by atoms with E-state index in [-0.39, 0.29) is 13.2 Å². The van der Waals surface area contributed by atoms with Gasteiger partial charge in [-0.3, -0.25) is 0 Å². The number of carbonyl (C=O) groups excluding carboxylic acids is 1. The summed E-state index contributed by atoms with van der Waals surface area (Å²) in [5, 5.41) is 10.5. The first-order valence-electron chi connectivity index (χ1n) is 7.85. The fraction of sp³-hybridized carbons (Fsp3) is 0.867. The van der Waals surface area contributed by atoms with E-state index in [0.29, 0.717) is 0 Å². The third kappa shape index (κ3) is 4.00. The van der Waals surface area contributed by atoms with Gasteiger partial charge in [-0.05, 0) is 34.6 Å². The third-order valence-corrected chi connectivity index (χ3v) is 3.74. The quantitative estimate of drug-likeness (QED) is 0.328. The Kier molecular flexibility index (Phi) is 5.44. The van der Waals surface area contributed by atoms with Gasteiger partial charge < -0.3 is 34.3 Å².